The molecule has 0 bridgehead atoms. The molecular formula is C11H12F2N2O2. The molecule has 2 rings (SSSR count). The molecule has 1 amide bonds. The fraction of sp³-hybridized carbons (Fsp3) is 0.364. The number of amides is 1. The highest BCUT2D eigenvalue weighted by Gasteiger charge is 2.21. The molecule has 1 aliphatic rings. The van der Waals surface area contributed by atoms with E-state index in [2.05, 4.69) is 5.32 Å². The number of anilines is 1. The summed E-state index contributed by atoms with van der Waals surface area (Å²) in [5.74, 6) is -1.69. The third-order valence-electron chi connectivity index (χ3n) is 2.58. The molecule has 1 unspecified atom stereocenters. The first-order chi connectivity index (χ1) is 8.06. The molecule has 1 fully saturated rings. The average molecular weight is 242 g/mol. The second-order valence-corrected chi connectivity index (χ2v) is 3.92. The van der Waals surface area contributed by atoms with Crippen LogP contribution in [0.5, 0.6) is 5.75 Å². The van der Waals surface area contributed by atoms with Crippen molar-refractivity contribution in [3.8, 4) is 5.75 Å². The predicted molar refractivity (Wildman–Crippen MR) is 57.4 cm³/mol. The Balaban J connectivity index is 1.99. The minimum Gasteiger partial charge on any atom is -0.488 e. The number of nitrogens with one attached hydrogen (secondary N) is 1. The maximum absolute atomic E-state index is 13.3. The van der Waals surface area contributed by atoms with Gasteiger partial charge in [-0.15, -0.1) is 0 Å². The summed E-state index contributed by atoms with van der Waals surface area (Å²) in [4.78, 5) is 10.9. The summed E-state index contributed by atoms with van der Waals surface area (Å²) in [6, 6.07) is 1.63. The molecule has 92 valence electrons. The first-order valence-corrected chi connectivity index (χ1v) is 5.23. The lowest BCUT2D eigenvalue weighted by Crippen LogP contribution is -2.31. The van der Waals surface area contributed by atoms with Crippen molar-refractivity contribution in [2.45, 2.75) is 18.9 Å². The number of rotatable bonds is 3. The number of hydrogen-bond donors (Lipinski definition) is 2. The highest BCUT2D eigenvalue weighted by molar-refractivity contribution is 5.78. The van der Waals surface area contributed by atoms with Gasteiger partial charge in [-0.05, 0) is 6.42 Å². The predicted octanol–water partition coefficient (Wildman–Crippen LogP) is 1.20. The Bertz CT molecular complexity index is 451. The Kier molecular flexibility index (Phi) is 3.12. The fourth-order valence-corrected chi connectivity index (χ4v) is 1.65. The van der Waals surface area contributed by atoms with Crippen LogP contribution in [0, 0.1) is 11.6 Å². The third kappa shape index (κ3) is 2.64. The Morgan fingerprint density at radius 1 is 1.41 bits per heavy atom. The summed E-state index contributed by atoms with van der Waals surface area (Å²) in [5.41, 5.74) is 4.94. The number of carbonyl (C=O) groups is 1. The normalized spacial score (nSPS) is 19.2. The zero-order valence-corrected chi connectivity index (χ0v) is 9.00. The molecule has 1 heterocycles. The second-order valence-electron chi connectivity index (χ2n) is 3.92. The highest BCUT2D eigenvalue weighted by atomic mass is 19.1. The van der Waals surface area contributed by atoms with E-state index in [-0.39, 0.29) is 30.0 Å². The van der Waals surface area contributed by atoms with Crippen molar-refractivity contribution in [3.05, 3.63) is 23.8 Å². The second kappa shape index (κ2) is 4.57. The van der Waals surface area contributed by atoms with Gasteiger partial charge in [-0.25, -0.2) is 8.78 Å². The van der Waals surface area contributed by atoms with Crippen molar-refractivity contribution in [3.63, 3.8) is 0 Å². The topological polar surface area (TPSA) is 64.3 Å². The molecule has 17 heavy (non-hydrogen) atoms. The first-order valence-electron chi connectivity index (χ1n) is 5.23. The van der Waals surface area contributed by atoms with Crippen LogP contribution in [0.4, 0.5) is 14.5 Å². The van der Waals surface area contributed by atoms with Gasteiger partial charge < -0.3 is 15.8 Å². The van der Waals surface area contributed by atoms with Crippen LogP contribution in [-0.4, -0.2) is 18.6 Å². The van der Waals surface area contributed by atoms with E-state index in [9.17, 15) is 13.6 Å². The molecule has 1 aromatic carbocycles. The third-order valence-corrected chi connectivity index (χ3v) is 2.58. The number of nitrogens with two attached hydrogens (primary N) is 1. The molecule has 0 saturated carbocycles. The van der Waals surface area contributed by atoms with Crippen molar-refractivity contribution < 1.29 is 18.3 Å². The van der Waals surface area contributed by atoms with Gasteiger partial charge in [0.05, 0.1) is 11.7 Å². The highest BCUT2D eigenvalue weighted by Crippen LogP contribution is 2.23. The summed E-state index contributed by atoms with van der Waals surface area (Å²) < 4.78 is 31.5. The van der Waals surface area contributed by atoms with Crippen LogP contribution >= 0.6 is 0 Å². The molecule has 0 radical (unpaired) electrons. The molecule has 1 aliphatic heterocycles. The van der Waals surface area contributed by atoms with Crippen LogP contribution in [0.25, 0.3) is 0 Å². The SMILES string of the molecule is Nc1cc(F)c(OCC2CCC(=O)N2)cc1F. The number of hydrogen-bond acceptors (Lipinski definition) is 3. The van der Waals surface area contributed by atoms with Crippen molar-refractivity contribution in [1.29, 1.82) is 0 Å². The van der Waals surface area contributed by atoms with Gasteiger partial charge in [-0.2, -0.15) is 0 Å². The number of ether oxygens (including phenoxy) is 1. The van der Waals surface area contributed by atoms with Gasteiger partial charge >= 0.3 is 0 Å². The van der Waals surface area contributed by atoms with Crippen LogP contribution in [-0.2, 0) is 4.79 Å². The molecule has 0 aromatic heterocycles. The van der Waals surface area contributed by atoms with E-state index in [1.165, 1.54) is 0 Å². The molecule has 1 atom stereocenters. The lowest BCUT2D eigenvalue weighted by molar-refractivity contribution is -0.119. The molecule has 1 aromatic rings. The van der Waals surface area contributed by atoms with Crippen molar-refractivity contribution >= 4 is 11.6 Å². The Morgan fingerprint density at radius 2 is 2.18 bits per heavy atom. The molecule has 6 heteroatoms. The minimum absolute atomic E-state index is 0.0532. The Labute approximate surface area is 96.7 Å². The molecule has 3 N–H and O–H groups in total. The van der Waals surface area contributed by atoms with Gasteiger partial charge in [0.1, 0.15) is 12.4 Å². The molecular weight excluding hydrogens is 230 g/mol. The lowest BCUT2D eigenvalue weighted by atomic mass is 10.2. The summed E-state index contributed by atoms with van der Waals surface area (Å²) >= 11 is 0. The maximum Gasteiger partial charge on any atom is 0.220 e. The molecule has 0 spiro atoms. The van der Waals surface area contributed by atoms with E-state index in [0.717, 1.165) is 12.1 Å². The monoisotopic (exact) mass is 242 g/mol. The zero-order valence-electron chi connectivity index (χ0n) is 9.00. The van der Waals surface area contributed by atoms with E-state index < -0.39 is 11.6 Å². The summed E-state index contributed by atoms with van der Waals surface area (Å²) in [6.07, 6.45) is 1.07. The van der Waals surface area contributed by atoms with Crippen molar-refractivity contribution in [1.82, 2.24) is 5.32 Å². The van der Waals surface area contributed by atoms with Gasteiger partial charge in [0.25, 0.3) is 0 Å². The number of halogens is 2. The van der Waals surface area contributed by atoms with E-state index in [4.69, 9.17) is 10.5 Å². The van der Waals surface area contributed by atoms with E-state index in [1.807, 2.05) is 0 Å². The van der Waals surface area contributed by atoms with Gasteiger partial charge in [0, 0.05) is 18.6 Å². The smallest absolute Gasteiger partial charge is 0.220 e. The summed E-state index contributed by atoms with van der Waals surface area (Å²) in [7, 11) is 0. The van der Waals surface area contributed by atoms with E-state index in [1.54, 1.807) is 0 Å². The fourth-order valence-electron chi connectivity index (χ4n) is 1.65. The zero-order chi connectivity index (χ0) is 12.4. The quantitative estimate of drug-likeness (QED) is 0.783. The number of nitrogen functional groups attached to an aromatic ring is 1. The summed E-state index contributed by atoms with van der Waals surface area (Å²) in [5, 5.41) is 2.66. The van der Waals surface area contributed by atoms with E-state index >= 15 is 0 Å². The van der Waals surface area contributed by atoms with Gasteiger partial charge in [-0.3, -0.25) is 4.79 Å². The van der Waals surface area contributed by atoms with Crippen LogP contribution in [0.1, 0.15) is 12.8 Å². The van der Waals surface area contributed by atoms with E-state index in [0.29, 0.717) is 12.8 Å². The Morgan fingerprint density at radius 3 is 2.82 bits per heavy atom. The van der Waals surface area contributed by atoms with Crippen LogP contribution in [0.15, 0.2) is 12.1 Å². The van der Waals surface area contributed by atoms with Gasteiger partial charge in [0.15, 0.2) is 11.6 Å². The molecule has 1 saturated heterocycles. The lowest BCUT2D eigenvalue weighted by Gasteiger charge is -2.12. The van der Waals surface area contributed by atoms with Crippen molar-refractivity contribution in [2.75, 3.05) is 12.3 Å². The number of benzene rings is 1. The largest absolute Gasteiger partial charge is 0.488 e. The summed E-state index contributed by atoms with van der Waals surface area (Å²) in [6.45, 7) is 0.117. The average Bonchev–Trinajstić information content (AvgIpc) is 2.68. The van der Waals surface area contributed by atoms with Gasteiger partial charge in [-0.1, -0.05) is 0 Å². The Hall–Kier alpha value is -1.85. The first kappa shape index (κ1) is 11.6. The molecule has 4 nitrogen and oxygen atoms in total. The van der Waals surface area contributed by atoms with Crippen molar-refractivity contribution in [2.24, 2.45) is 0 Å². The van der Waals surface area contributed by atoms with Crippen LogP contribution in [0.2, 0.25) is 0 Å². The van der Waals surface area contributed by atoms with Crippen LogP contribution in [0.3, 0.4) is 0 Å². The molecule has 0 aliphatic carbocycles. The maximum atomic E-state index is 13.3. The number of carbonyl (C=O) groups excluding carboxylic acids is 1. The van der Waals surface area contributed by atoms with Crippen LogP contribution < -0.4 is 15.8 Å². The standard InChI is InChI=1S/C11H12F2N2O2/c12-7-4-10(8(13)3-9(7)14)17-5-6-1-2-11(16)15-6/h3-4,6H,1-2,5,14H2,(H,15,16). The minimum atomic E-state index is -0.725. The van der Waals surface area contributed by atoms with Gasteiger partial charge in [0.2, 0.25) is 5.91 Å².